The van der Waals surface area contributed by atoms with Crippen LogP contribution in [0.15, 0.2) is 24.3 Å². The van der Waals surface area contributed by atoms with Crippen LogP contribution in [0.4, 0.5) is 4.79 Å². The van der Waals surface area contributed by atoms with E-state index in [1.54, 1.807) is 0 Å². The van der Waals surface area contributed by atoms with E-state index in [4.69, 9.17) is 10.5 Å². The predicted octanol–water partition coefficient (Wildman–Crippen LogP) is 1.30. The largest absolute Gasteiger partial charge is 0.491 e. The van der Waals surface area contributed by atoms with Crippen LogP contribution in [-0.2, 0) is 6.42 Å². The summed E-state index contributed by atoms with van der Waals surface area (Å²) in [6.45, 7) is 2.93. The fraction of sp³-hybridized carbons (Fsp3) is 0.364. The van der Waals surface area contributed by atoms with Crippen LogP contribution in [0.5, 0.6) is 5.75 Å². The van der Waals surface area contributed by atoms with E-state index in [0.717, 1.165) is 17.7 Å². The molecular weight excluding hydrogens is 192 g/mol. The van der Waals surface area contributed by atoms with Gasteiger partial charge in [-0.05, 0) is 18.1 Å². The van der Waals surface area contributed by atoms with Gasteiger partial charge >= 0.3 is 6.03 Å². The second kappa shape index (κ2) is 5.90. The number of para-hydroxylation sites is 1. The zero-order chi connectivity index (χ0) is 11.1. The molecule has 3 N–H and O–H groups in total. The summed E-state index contributed by atoms with van der Waals surface area (Å²) in [5, 5.41) is 2.47. The van der Waals surface area contributed by atoms with Crippen molar-refractivity contribution in [2.75, 3.05) is 13.2 Å². The van der Waals surface area contributed by atoms with Crippen LogP contribution in [0.1, 0.15) is 12.5 Å². The summed E-state index contributed by atoms with van der Waals surface area (Å²) in [4.78, 5) is 10.4. The number of hydrogen-bond acceptors (Lipinski definition) is 2. The standard InChI is InChI=1S/C11H16N2O2/c1-2-9-5-3-4-6-10(9)15-8-7-13-11(12)14/h3-6H,2,7-8H2,1H3,(H3,12,13,14). The fourth-order valence-electron chi connectivity index (χ4n) is 1.27. The highest BCUT2D eigenvalue weighted by molar-refractivity contribution is 5.71. The lowest BCUT2D eigenvalue weighted by Gasteiger charge is -2.09. The molecule has 0 spiro atoms. The number of urea groups is 1. The lowest BCUT2D eigenvalue weighted by Crippen LogP contribution is -2.32. The van der Waals surface area contributed by atoms with Crippen LogP contribution in [0.3, 0.4) is 0 Å². The number of carbonyl (C=O) groups excluding carboxylic acids is 1. The second-order valence-corrected chi connectivity index (χ2v) is 3.10. The molecule has 82 valence electrons. The Morgan fingerprint density at radius 1 is 1.47 bits per heavy atom. The van der Waals surface area contributed by atoms with E-state index in [0.29, 0.717) is 13.2 Å². The van der Waals surface area contributed by atoms with Crippen LogP contribution in [0, 0.1) is 0 Å². The molecule has 0 unspecified atom stereocenters. The third kappa shape index (κ3) is 3.89. The zero-order valence-electron chi connectivity index (χ0n) is 8.82. The molecule has 15 heavy (non-hydrogen) atoms. The van der Waals surface area contributed by atoms with Gasteiger partial charge in [-0.25, -0.2) is 4.79 Å². The number of rotatable bonds is 5. The van der Waals surface area contributed by atoms with Gasteiger partial charge in [0, 0.05) is 0 Å². The molecule has 0 saturated carbocycles. The van der Waals surface area contributed by atoms with E-state index >= 15 is 0 Å². The molecule has 1 aromatic rings. The number of aryl methyl sites for hydroxylation is 1. The first-order chi connectivity index (χ1) is 7.24. The molecule has 0 aliphatic heterocycles. The zero-order valence-corrected chi connectivity index (χ0v) is 8.82. The SMILES string of the molecule is CCc1ccccc1OCCNC(N)=O. The van der Waals surface area contributed by atoms with Crippen molar-refractivity contribution in [2.45, 2.75) is 13.3 Å². The monoisotopic (exact) mass is 208 g/mol. The highest BCUT2D eigenvalue weighted by Crippen LogP contribution is 2.17. The van der Waals surface area contributed by atoms with Crippen molar-refractivity contribution in [3.63, 3.8) is 0 Å². The van der Waals surface area contributed by atoms with Crippen LogP contribution >= 0.6 is 0 Å². The Bertz CT molecular complexity index is 326. The number of nitrogens with two attached hydrogens (primary N) is 1. The molecule has 0 saturated heterocycles. The highest BCUT2D eigenvalue weighted by atomic mass is 16.5. The molecule has 0 aliphatic rings. The number of primary amides is 1. The summed E-state index contributed by atoms with van der Waals surface area (Å²) in [5.41, 5.74) is 6.09. The average molecular weight is 208 g/mol. The fourth-order valence-corrected chi connectivity index (χ4v) is 1.27. The van der Waals surface area contributed by atoms with Gasteiger partial charge in [0.2, 0.25) is 0 Å². The first-order valence-electron chi connectivity index (χ1n) is 4.98. The molecule has 0 atom stereocenters. The molecule has 0 heterocycles. The van der Waals surface area contributed by atoms with Crippen molar-refractivity contribution < 1.29 is 9.53 Å². The summed E-state index contributed by atoms with van der Waals surface area (Å²) in [7, 11) is 0. The van der Waals surface area contributed by atoms with Crippen molar-refractivity contribution in [3.05, 3.63) is 29.8 Å². The number of ether oxygens (including phenoxy) is 1. The van der Waals surface area contributed by atoms with Gasteiger partial charge in [-0.3, -0.25) is 0 Å². The molecule has 0 aromatic heterocycles. The molecule has 0 radical (unpaired) electrons. The van der Waals surface area contributed by atoms with Crippen molar-refractivity contribution in [2.24, 2.45) is 5.73 Å². The molecule has 0 fully saturated rings. The van der Waals surface area contributed by atoms with E-state index in [1.807, 2.05) is 24.3 Å². The Morgan fingerprint density at radius 3 is 2.87 bits per heavy atom. The lowest BCUT2D eigenvalue weighted by molar-refractivity contribution is 0.244. The number of nitrogens with one attached hydrogen (secondary N) is 1. The lowest BCUT2D eigenvalue weighted by atomic mass is 10.1. The van der Waals surface area contributed by atoms with Gasteiger partial charge in [0.25, 0.3) is 0 Å². The van der Waals surface area contributed by atoms with Crippen LogP contribution in [0.2, 0.25) is 0 Å². The highest BCUT2D eigenvalue weighted by Gasteiger charge is 1.99. The van der Waals surface area contributed by atoms with Gasteiger partial charge in [0.1, 0.15) is 12.4 Å². The Morgan fingerprint density at radius 2 is 2.20 bits per heavy atom. The first-order valence-corrected chi connectivity index (χ1v) is 4.98. The Hall–Kier alpha value is -1.71. The Kier molecular flexibility index (Phi) is 4.47. The van der Waals surface area contributed by atoms with Crippen molar-refractivity contribution in [3.8, 4) is 5.75 Å². The van der Waals surface area contributed by atoms with Crippen LogP contribution < -0.4 is 15.8 Å². The summed E-state index contributed by atoms with van der Waals surface area (Å²) in [6.07, 6.45) is 0.930. The van der Waals surface area contributed by atoms with E-state index in [9.17, 15) is 4.79 Å². The number of carbonyl (C=O) groups is 1. The van der Waals surface area contributed by atoms with Crippen molar-refractivity contribution in [1.29, 1.82) is 0 Å². The Labute approximate surface area is 89.4 Å². The summed E-state index contributed by atoms with van der Waals surface area (Å²) < 4.78 is 5.51. The summed E-state index contributed by atoms with van der Waals surface area (Å²) in [5.74, 6) is 0.867. The smallest absolute Gasteiger partial charge is 0.312 e. The van der Waals surface area contributed by atoms with E-state index < -0.39 is 6.03 Å². The molecule has 0 bridgehead atoms. The maximum Gasteiger partial charge on any atom is 0.312 e. The predicted molar refractivity (Wildman–Crippen MR) is 58.9 cm³/mol. The summed E-state index contributed by atoms with van der Waals surface area (Å²) >= 11 is 0. The molecule has 1 rings (SSSR count). The number of hydrogen-bond donors (Lipinski definition) is 2. The molecular formula is C11H16N2O2. The van der Waals surface area contributed by atoms with Gasteiger partial charge in [-0.15, -0.1) is 0 Å². The third-order valence-corrected chi connectivity index (χ3v) is 2.01. The van der Waals surface area contributed by atoms with Crippen LogP contribution in [-0.4, -0.2) is 19.2 Å². The molecule has 1 aromatic carbocycles. The van der Waals surface area contributed by atoms with E-state index in [2.05, 4.69) is 12.2 Å². The minimum atomic E-state index is -0.526. The first kappa shape index (κ1) is 11.4. The van der Waals surface area contributed by atoms with Crippen LogP contribution in [0.25, 0.3) is 0 Å². The average Bonchev–Trinajstić information content (AvgIpc) is 2.24. The maximum atomic E-state index is 10.4. The molecule has 2 amide bonds. The minimum absolute atomic E-state index is 0.424. The number of benzene rings is 1. The van der Waals surface area contributed by atoms with Crippen molar-refractivity contribution in [1.82, 2.24) is 5.32 Å². The maximum absolute atomic E-state index is 10.4. The topological polar surface area (TPSA) is 64.3 Å². The van der Waals surface area contributed by atoms with Gasteiger partial charge in [-0.1, -0.05) is 25.1 Å². The molecule has 0 aliphatic carbocycles. The summed E-state index contributed by atoms with van der Waals surface area (Å²) in [6, 6.07) is 7.32. The second-order valence-electron chi connectivity index (χ2n) is 3.10. The normalized spacial score (nSPS) is 9.67. The molecule has 4 nitrogen and oxygen atoms in total. The quantitative estimate of drug-likeness (QED) is 0.716. The third-order valence-electron chi connectivity index (χ3n) is 2.01. The van der Waals surface area contributed by atoms with E-state index in [1.165, 1.54) is 0 Å². The Balaban J connectivity index is 2.39. The minimum Gasteiger partial charge on any atom is -0.491 e. The van der Waals surface area contributed by atoms with Crippen molar-refractivity contribution >= 4 is 6.03 Å². The van der Waals surface area contributed by atoms with Gasteiger partial charge in [-0.2, -0.15) is 0 Å². The molecule has 4 heteroatoms. The number of amides is 2. The van der Waals surface area contributed by atoms with Gasteiger partial charge in [0.15, 0.2) is 0 Å². The van der Waals surface area contributed by atoms with Gasteiger partial charge < -0.3 is 15.8 Å². The van der Waals surface area contributed by atoms with Gasteiger partial charge in [0.05, 0.1) is 6.54 Å². The van der Waals surface area contributed by atoms with E-state index in [-0.39, 0.29) is 0 Å².